The number of esters is 1. The van der Waals surface area contributed by atoms with Gasteiger partial charge in [-0.15, -0.1) is 0 Å². The van der Waals surface area contributed by atoms with Crippen molar-refractivity contribution in [3.63, 3.8) is 0 Å². The average molecular weight is 214 g/mol. The first kappa shape index (κ1) is 11.8. The van der Waals surface area contributed by atoms with Crippen LogP contribution < -0.4 is 5.73 Å². The van der Waals surface area contributed by atoms with Crippen molar-refractivity contribution in [1.29, 1.82) is 0 Å². The number of carbonyl (C=O) groups is 2. The number of methoxy groups -OCH3 is 1. The number of hydrogen-bond donors (Lipinski definition) is 1. The number of rotatable bonds is 2. The predicted octanol–water partition coefficient (Wildman–Crippen LogP) is 0.729. The topological polar surface area (TPSA) is 72.6 Å². The van der Waals surface area contributed by atoms with E-state index in [0.29, 0.717) is 0 Å². The van der Waals surface area contributed by atoms with Crippen molar-refractivity contribution >= 4 is 12.0 Å². The van der Waals surface area contributed by atoms with Crippen molar-refractivity contribution in [3.05, 3.63) is 0 Å². The first-order valence-electron chi connectivity index (χ1n) is 5.16. The van der Waals surface area contributed by atoms with Crippen LogP contribution in [0.15, 0.2) is 0 Å². The molecule has 0 aliphatic heterocycles. The highest BCUT2D eigenvalue weighted by atomic mass is 16.5. The van der Waals surface area contributed by atoms with Gasteiger partial charge in [-0.25, -0.2) is 4.79 Å². The van der Waals surface area contributed by atoms with Crippen LogP contribution in [0.3, 0.4) is 0 Å². The first-order chi connectivity index (χ1) is 7.06. The molecule has 15 heavy (non-hydrogen) atoms. The van der Waals surface area contributed by atoms with Crippen molar-refractivity contribution in [2.75, 3.05) is 14.2 Å². The zero-order valence-electron chi connectivity index (χ0n) is 9.23. The van der Waals surface area contributed by atoms with Crippen molar-refractivity contribution in [3.8, 4) is 0 Å². The molecule has 0 spiro atoms. The van der Waals surface area contributed by atoms with Crippen LogP contribution in [0.1, 0.15) is 25.7 Å². The van der Waals surface area contributed by atoms with E-state index in [1.54, 1.807) is 11.9 Å². The highest BCUT2D eigenvalue weighted by Gasteiger charge is 2.29. The molecule has 0 aromatic heterocycles. The number of urea groups is 1. The molecule has 5 nitrogen and oxygen atoms in total. The number of ether oxygens (including phenoxy) is 1. The fourth-order valence-electron chi connectivity index (χ4n) is 2.05. The third kappa shape index (κ3) is 2.84. The van der Waals surface area contributed by atoms with Gasteiger partial charge in [-0.2, -0.15) is 0 Å². The monoisotopic (exact) mass is 214 g/mol. The van der Waals surface area contributed by atoms with E-state index in [0.717, 1.165) is 25.7 Å². The minimum Gasteiger partial charge on any atom is -0.469 e. The van der Waals surface area contributed by atoms with Crippen LogP contribution in [-0.2, 0) is 9.53 Å². The summed E-state index contributed by atoms with van der Waals surface area (Å²) < 4.78 is 4.69. The van der Waals surface area contributed by atoms with E-state index in [1.165, 1.54) is 7.11 Å². The van der Waals surface area contributed by atoms with Gasteiger partial charge in [0.1, 0.15) is 0 Å². The third-order valence-corrected chi connectivity index (χ3v) is 3.13. The fraction of sp³-hybridized carbons (Fsp3) is 0.800. The fourth-order valence-corrected chi connectivity index (χ4v) is 2.05. The summed E-state index contributed by atoms with van der Waals surface area (Å²) in [5.41, 5.74) is 5.18. The molecule has 0 bridgehead atoms. The molecular formula is C10H18N2O3. The zero-order valence-corrected chi connectivity index (χ0v) is 9.23. The van der Waals surface area contributed by atoms with Crippen molar-refractivity contribution in [2.24, 2.45) is 11.7 Å². The summed E-state index contributed by atoms with van der Waals surface area (Å²) in [5.74, 6) is -0.150. The van der Waals surface area contributed by atoms with Gasteiger partial charge in [0.25, 0.3) is 0 Å². The molecule has 1 aliphatic rings. The minimum absolute atomic E-state index is 0.00692. The Bertz CT molecular complexity index is 247. The highest BCUT2D eigenvalue weighted by Crippen LogP contribution is 2.27. The second-order valence-electron chi connectivity index (χ2n) is 3.98. The van der Waals surface area contributed by atoms with E-state index < -0.39 is 6.03 Å². The van der Waals surface area contributed by atoms with Gasteiger partial charge in [-0.3, -0.25) is 4.79 Å². The van der Waals surface area contributed by atoms with Crippen LogP contribution in [-0.4, -0.2) is 37.1 Å². The first-order valence-corrected chi connectivity index (χ1v) is 5.16. The van der Waals surface area contributed by atoms with E-state index in [9.17, 15) is 9.59 Å². The van der Waals surface area contributed by atoms with Gasteiger partial charge >= 0.3 is 12.0 Å². The molecule has 86 valence electrons. The molecule has 0 aromatic rings. The Hall–Kier alpha value is -1.26. The number of nitrogens with zero attached hydrogens (tertiary/aromatic N) is 1. The van der Waals surface area contributed by atoms with Crippen LogP contribution >= 0.6 is 0 Å². The Kier molecular flexibility index (Phi) is 3.94. The van der Waals surface area contributed by atoms with E-state index in [2.05, 4.69) is 4.74 Å². The zero-order chi connectivity index (χ0) is 11.4. The predicted molar refractivity (Wildman–Crippen MR) is 55.1 cm³/mol. The summed E-state index contributed by atoms with van der Waals surface area (Å²) in [6.07, 6.45) is 3.18. The lowest BCUT2D eigenvalue weighted by atomic mass is 9.85. The van der Waals surface area contributed by atoms with Crippen LogP contribution in [0.5, 0.6) is 0 Å². The average Bonchev–Trinajstić information content (AvgIpc) is 2.27. The molecule has 0 saturated heterocycles. The highest BCUT2D eigenvalue weighted by molar-refractivity contribution is 5.73. The molecule has 2 N–H and O–H groups in total. The maximum absolute atomic E-state index is 11.2. The van der Waals surface area contributed by atoms with Crippen molar-refractivity contribution in [2.45, 2.75) is 31.7 Å². The van der Waals surface area contributed by atoms with E-state index in [1.807, 2.05) is 0 Å². The lowest BCUT2D eigenvalue weighted by Gasteiger charge is -2.32. The maximum Gasteiger partial charge on any atom is 0.314 e. The Balaban J connectivity index is 2.42. The Morgan fingerprint density at radius 2 is 1.80 bits per heavy atom. The molecule has 0 heterocycles. The number of amides is 2. The van der Waals surface area contributed by atoms with E-state index >= 15 is 0 Å². The van der Waals surface area contributed by atoms with Crippen molar-refractivity contribution < 1.29 is 14.3 Å². The quantitative estimate of drug-likeness (QED) is 0.689. The lowest BCUT2D eigenvalue weighted by molar-refractivity contribution is -0.146. The van der Waals surface area contributed by atoms with Crippen LogP contribution in [0.25, 0.3) is 0 Å². The van der Waals surface area contributed by atoms with Gasteiger partial charge in [0, 0.05) is 13.1 Å². The van der Waals surface area contributed by atoms with Gasteiger partial charge < -0.3 is 15.4 Å². The van der Waals surface area contributed by atoms with Crippen LogP contribution in [0.4, 0.5) is 4.79 Å². The Morgan fingerprint density at radius 3 is 2.20 bits per heavy atom. The van der Waals surface area contributed by atoms with Crippen LogP contribution in [0.2, 0.25) is 0 Å². The molecule has 1 aliphatic carbocycles. The van der Waals surface area contributed by atoms with Gasteiger partial charge in [0.15, 0.2) is 0 Å². The maximum atomic E-state index is 11.2. The molecule has 1 fully saturated rings. The summed E-state index contributed by atoms with van der Waals surface area (Å²) in [7, 11) is 3.11. The summed E-state index contributed by atoms with van der Waals surface area (Å²) in [6.45, 7) is 0. The number of carbonyl (C=O) groups excluding carboxylic acids is 2. The molecule has 0 unspecified atom stereocenters. The van der Waals surface area contributed by atoms with Crippen molar-refractivity contribution in [1.82, 2.24) is 4.90 Å². The summed E-state index contributed by atoms with van der Waals surface area (Å²) in [4.78, 5) is 23.7. The Labute approximate surface area is 89.6 Å². The number of primary amides is 1. The molecule has 0 radical (unpaired) electrons. The number of nitrogens with two attached hydrogens (primary N) is 1. The number of hydrogen-bond acceptors (Lipinski definition) is 3. The normalized spacial score (nSPS) is 25.7. The third-order valence-electron chi connectivity index (χ3n) is 3.13. The summed E-state index contributed by atoms with van der Waals surface area (Å²) in [5, 5.41) is 0. The molecule has 0 atom stereocenters. The van der Waals surface area contributed by atoms with E-state index in [-0.39, 0.29) is 17.9 Å². The van der Waals surface area contributed by atoms with Gasteiger partial charge in [0.05, 0.1) is 13.0 Å². The smallest absolute Gasteiger partial charge is 0.314 e. The largest absolute Gasteiger partial charge is 0.469 e. The SMILES string of the molecule is COC(=O)[C@H]1CC[C@@H](N(C)C(N)=O)CC1. The molecular weight excluding hydrogens is 196 g/mol. The second-order valence-corrected chi connectivity index (χ2v) is 3.98. The van der Waals surface area contributed by atoms with E-state index in [4.69, 9.17) is 5.73 Å². The summed E-state index contributed by atoms with van der Waals surface area (Å²) >= 11 is 0. The second kappa shape index (κ2) is 5.00. The molecule has 5 heteroatoms. The Morgan fingerprint density at radius 1 is 1.27 bits per heavy atom. The van der Waals surface area contributed by atoms with Crippen LogP contribution in [0, 0.1) is 5.92 Å². The molecule has 1 saturated carbocycles. The van der Waals surface area contributed by atoms with Gasteiger partial charge in [-0.1, -0.05) is 0 Å². The van der Waals surface area contributed by atoms with Gasteiger partial charge in [0.2, 0.25) is 0 Å². The van der Waals surface area contributed by atoms with Gasteiger partial charge in [-0.05, 0) is 25.7 Å². The lowest BCUT2D eigenvalue weighted by Crippen LogP contribution is -2.43. The molecule has 1 rings (SSSR count). The molecule has 2 amide bonds. The molecule has 0 aromatic carbocycles. The summed E-state index contributed by atoms with van der Waals surface area (Å²) in [6, 6.07) is -0.236. The minimum atomic E-state index is -0.406. The standard InChI is InChI=1S/C10H18N2O3/c1-12(10(11)14)8-5-3-7(4-6-8)9(13)15-2/h7-8H,3-6H2,1-2H3,(H2,11,14)/t7-,8+.